The van der Waals surface area contributed by atoms with Crippen LogP contribution in [0.3, 0.4) is 0 Å². The SMILES string of the molecule is CNC(=O)C1CCN(C(=O)c2ncccc2-c2cccc(CN(C)C)c2)C1. The lowest BCUT2D eigenvalue weighted by Crippen LogP contribution is -2.33. The molecule has 1 saturated heterocycles. The summed E-state index contributed by atoms with van der Waals surface area (Å²) in [6.45, 7) is 1.85. The Balaban J connectivity index is 1.86. The van der Waals surface area contributed by atoms with Crippen LogP contribution < -0.4 is 5.32 Å². The minimum atomic E-state index is -0.144. The number of hydrogen-bond donors (Lipinski definition) is 1. The Kier molecular flexibility index (Phi) is 5.86. The molecule has 2 aromatic rings. The van der Waals surface area contributed by atoms with E-state index >= 15 is 0 Å². The van der Waals surface area contributed by atoms with Crippen molar-refractivity contribution in [1.29, 1.82) is 0 Å². The number of rotatable bonds is 5. The van der Waals surface area contributed by atoms with Crippen LogP contribution in [-0.4, -0.2) is 60.8 Å². The second kappa shape index (κ2) is 8.31. The van der Waals surface area contributed by atoms with E-state index < -0.39 is 0 Å². The first-order valence-corrected chi connectivity index (χ1v) is 9.19. The van der Waals surface area contributed by atoms with Crippen LogP contribution >= 0.6 is 0 Å². The van der Waals surface area contributed by atoms with Crippen LogP contribution in [0.1, 0.15) is 22.5 Å². The van der Waals surface area contributed by atoms with Gasteiger partial charge in [0, 0.05) is 38.4 Å². The molecule has 1 fully saturated rings. The minimum Gasteiger partial charge on any atom is -0.359 e. The summed E-state index contributed by atoms with van der Waals surface area (Å²) < 4.78 is 0. The van der Waals surface area contributed by atoms with Crippen molar-refractivity contribution in [1.82, 2.24) is 20.1 Å². The predicted molar refractivity (Wildman–Crippen MR) is 105 cm³/mol. The number of hydrogen-bond acceptors (Lipinski definition) is 4. The number of likely N-dealkylation sites (tertiary alicyclic amines) is 1. The third-order valence-electron chi connectivity index (χ3n) is 4.84. The van der Waals surface area contributed by atoms with E-state index in [9.17, 15) is 9.59 Å². The number of carbonyl (C=O) groups is 2. The monoisotopic (exact) mass is 366 g/mol. The number of pyridine rings is 1. The fourth-order valence-electron chi connectivity index (χ4n) is 3.52. The van der Waals surface area contributed by atoms with E-state index in [1.54, 1.807) is 18.1 Å². The van der Waals surface area contributed by atoms with Gasteiger partial charge in [-0.15, -0.1) is 0 Å². The number of nitrogens with zero attached hydrogens (tertiary/aromatic N) is 3. The highest BCUT2D eigenvalue weighted by atomic mass is 16.2. The Hall–Kier alpha value is -2.73. The Morgan fingerprint density at radius 2 is 2.07 bits per heavy atom. The third kappa shape index (κ3) is 4.34. The lowest BCUT2D eigenvalue weighted by Gasteiger charge is -2.18. The van der Waals surface area contributed by atoms with Crippen LogP contribution in [0.4, 0.5) is 0 Å². The van der Waals surface area contributed by atoms with E-state index in [0.29, 0.717) is 25.2 Å². The topological polar surface area (TPSA) is 65.5 Å². The molecule has 0 spiro atoms. The van der Waals surface area contributed by atoms with Crippen LogP contribution in [-0.2, 0) is 11.3 Å². The van der Waals surface area contributed by atoms with Crippen LogP contribution in [0, 0.1) is 5.92 Å². The van der Waals surface area contributed by atoms with Gasteiger partial charge in [0.1, 0.15) is 5.69 Å². The molecule has 1 N–H and O–H groups in total. The summed E-state index contributed by atoms with van der Waals surface area (Å²) >= 11 is 0. The van der Waals surface area contributed by atoms with Gasteiger partial charge in [0.05, 0.1) is 5.92 Å². The smallest absolute Gasteiger partial charge is 0.273 e. The summed E-state index contributed by atoms with van der Waals surface area (Å²) in [5, 5.41) is 2.67. The van der Waals surface area contributed by atoms with E-state index in [4.69, 9.17) is 0 Å². The van der Waals surface area contributed by atoms with Crippen LogP contribution in [0.15, 0.2) is 42.6 Å². The molecular formula is C21H26N4O2. The maximum Gasteiger partial charge on any atom is 0.273 e. The molecule has 1 aliphatic rings. The van der Waals surface area contributed by atoms with Gasteiger partial charge in [-0.05, 0) is 43.8 Å². The molecular weight excluding hydrogens is 340 g/mol. The van der Waals surface area contributed by atoms with Crippen molar-refractivity contribution in [3.8, 4) is 11.1 Å². The van der Waals surface area contributed by atoms with Gasteiger partial charge in [-0.1, -0.05) is 24.3 Å². The van der Waals surface area contributed by atoms with Gasteiger partial charge in [0.2, 0.25) is 5.91 Å². The average molecular weight is 366 g/mol. The Morgan fingerprint density at radius 3 is 2.81 bits per heavy atom. The van der Waals surface area contributed by atoms with Crippen molar-refractivity contribution in [3.63, 3.8) is 0 Å². The summed E-state index contributed by atoms with van der Waals surface area (Å²) in [6, 6.07) is 12.0. The molecule has 0 aliphatic carbocycles. The largest absolute Gasteiger partial charge is 0.359 e. The van der Waals surface area contributed by atoms with Crippen molar-refractivity contribution < 1.29 is 9.59 Å². The Labute approximate surface area is 160 Å². The fourth-order valence-corrected chi connectivity index (χ4v) is 3.52. The second-order valence-electron chi connectivity index (χ2n) is 7.19. The number of amides is 2. The summed E-state index contributed by atoms with van der Waals surface area (Å²) in [4.78, 5) is 33.2. The summed E-state index contributed by atoms with van der Waals surface area (Å²) in [5.74, 6) is -0.271. The molecule has 142 valence electrons. The highest BCUT2D eigenvalue weighted by Crippen LogP contribution is 2.26. The molecule has 6 nitrogen and oxygen atoms in total. The molecule has 3 rings (SSSR count). The highest BCUT2D eigenvalue weighted by Gasteiger charge is 2.32. The quantitative estimate of drug-likeness (QED) is 0.879. The van der Waals surface area contributed by atoms with Gasteiger partial charge in [-0.2, -0.15) is 0 Å². The van der Waals surface area contributed by atoms with E-state index in [1.807, 2.05) is 38.4 Å². The Morgan fingerprint density at radius 1 is 1.26 bits per heavy atom. The molecule has 1 aromatic carbocycles. The molecule has 2 amide bonds. The van der Waals surface area contributed by atoms with Gasteiger partial charge >= 0.3 is 0 Å². The molecule has 1 aromatic heterocycles. The van der Waals surface area contributed by atoms with Gasteiger partial charge in [-0.3, -0.25) is 14.6 Å². The highest BCUT2D eigenvalue weighted by molar-refractivity contribution is 5.99. The number of carbonyl (C=O) groups excluding carboxylic acids is 2. The van der Waals surface area contributed by atoms with Crippen molar-refractivity contribution in [3.05, 3.63) is 53.9 Å². The van der Waals surface area contributed by atoms with Gasteiger partial charge in [0.25, 0.3) is 5.91 Å². The summed E-state index contributed by atoms with van der Waals surface area (Å²) in [7, 11) is 5.69. The number of benzene rings is 1. The fraction of sp³-hybridized carbons (Fsp3) is 0.381. The standard InChI is InChI=1S/C21H26N4O2/c1-22-20(26)17-9-11-25(14-17)21(27)19-18(8-5-10-23-19)16-7-4-6-15(12-16)13-24(2)3/h4-8,10,12,17H,9,11,13-14H2,1-3H3,(H,22,26). The zero-order chi connectivity index (χ0) is 19.4. The van der Waals surface area contributed by atoms with Crippen LogP contribution in [0.5, 0.6) is 0 Å². The third-order valence-corrected chi connectivity index (χ3v) is 4.84. The molecule has 1 aliphatic heterocycles. The lowest BCUT2D eigenvalue weighted by molar-refractivity contribution is -0.124. The minimum absolute atomic E-state index is 0.0112. The van der Waals surface area contributed by atoms with Crippen LogP contribution in [0.25, 0.3) is 11.1 Å². The molecule has 27 heavy (non-hydrogen) atoms. The molecule has 0 saturated carbocycles. The van der Waals surface area contributed by atoms with Crippen LogP contribution in [0.2, 0.25) is 0 Å². The van der Waals surface area contributed by atoms with Crippen molar-refractivity contribution in [2.45, 2.75) is 13.0 Å². The Bertz CT molecular complexity index is 834. The molecule has 1 unspecified atom stereocenters. The van der Waals surface area contributed by atoms with E-state index in [-0.39, 0.29) is 17.7 Å². The summed E-state index contributed by atoms with van der Waals surface area (Å²) in [6.07, 6.45) is 2.33. The maximum atomic E-state index is 13.1. The summed E-state index contributed by atoms with van der Waals surface area (Å²) in [5.41, 5.74) is 3.43. The lowest BCUT2D eigenvalue weighted by atomic mass is 10.0. The first-order valence-electron chi connectivity index (χ1n) is 9.19. The zero-order valence-electron chi connectivity index (χ0n) is 16.1. The molecule has 0 radical (unpaired) electrons. The van der Waals surface area contributed by atoms with Gasteiger partial charge in [0.15, 0.2) is 0 Å². The van der Waals surface area contributed by atoms with E-state index in [0.717, 1.165) is 17.7 Å². The average Bonchev–Trinajstić information content (AvgIpc) is 3.16. The van der Waals surface area contributed by atoms with Crippen molar-refractivity contribution >= 4 is 11.8 Å². The van der Waals surface area contributed by atoms with Crippen molar-refractivity contribution in [2.75, 3.05) is 34.2 Å². The normalized spacial score (nSPS) is 16.6. The maximum absolute atomic E-state index is 13.1. The molecule has 6 heteroatoms. The first kappa shape index (κ1) is 19.0. The van der Waals surface area contributed by atoms with E-state index in [2.05, 4.69) is 27.3 Å². The van der Waals surface area contributed by atoms with Crippen molar-refractivity contribution in [2.24, 2.45) is 5.92 Å². The van der Waals surface area contributed by atoms with E-state index in [1.165, 1.54) is 5.56 Å². The van der Waals surface area contributed by atoms with Gasteiger partial charge < -0.3 is 15.1 Å². The first-order chi connectivity index (χ1) is 13.0. The predicted octanol–water partition coefficient (Wildman–Crippen LogP) is 2.02. The zero-order valence-corrected chi connectivity index (χ0v) is 16.1. The second-order valence-corrected chi connectivity index (χ2v) is 7.19. The number of nitrogens with one attached hydrogen (secondary N) is 1. The molecule has 1 atom stereocenters. The number of aromatic nitrogens is 1. The molecule has 2 heterocycles. The molecule has 0 bridgehead atoms. The van der Waals surface area contributed by atoms with Gasteiger partial charge in [-0.25, -0.2) is 0 Å².